The minimum atomic E-state index is 0. The van der Waals surface area contributed by atoms with Crippen LogP contribution in [0.4, 0.5) is 0 Å². The zero-order chi connectivity index (χ0) is 13.7. The van der Waals surface area contributed by atoms with Crippen LogP contribution in [0.15, 0.2) is 18.2 Å². The molecule has 0 saturated carbocycles. The number of halogens is 2. The molecule has 1 aliphatic heterocycles. The Bertz CT molecular complexity index is 413. The highest BCUT2D eigenvalue weighted by atomic mass is 35.5. The molecule has 1 aromatic rings. The molecule has 1 heterocycles. The molecule has 0 aliphatic carbocycles. The Kier molecular flexibility index (Phi) is 9.79. The Balaban J connectivity index is 0.00000200. The van der Waals surface area contributed by atoms with E-state index in [1.165, 1.54) is 5.56 Å². The molecule has 0 radical (unpaired) electrons. The standard InChI is InChI=1S/C15H24N2O2.2ClH/c1-4-19-14-6-5-13(11-15(14)18-3)12(2)17-9-7-16-8-10-17;;/h5-6,11-12,16H,4,7-10H2,1-3H3;2*1H/t12-;;/m0../s1. The van der Waals surface area contributed by atoms with Gasteiger partial charge >= 0.3 is 0 Å². The first-order chi connectivity index (χ1) is 9.26. The molecule has 21 heavy (non-hydrogen) atoms. The van der Waals surface area contributed by atoms with Crippen LogP contribution in [0, 0.1) is 0 Å². The lowest BCUT2D eigenvalue weighted by Gasteiger charge is -2.33. The van der Waals surface area contributed by atoms with Crippen LogP contribution in [0.5, 0.6) is 11.5 Å². The minimum Gasteiger partial charge on any atom is -0.493 e. The van der Waals surface area contributed by atoms with E-state index in [1.807, 2.05) is 13.0 Å². The Labute approximate surface area is 140 Å². The summed E-state index contributed by atoms with van der Waals surface area (Å²) < 4.78 is 11.0. The fourth-order valence-electron chi connectivity index (χ4n) is 2.50. The topological polar surface area (TPSA) is 33.7 Å². The molecule has 6 heteroatoms. The molecule has 0 bridgehead atoms. The van der Waals surface area contributed by atoms with Gasteiger partial charge in [0.2, 0.25) is 0 Å². The van der Waals surface area contributed by atoms with Crippen LogP contribution in [0.25, 0.3) is 0 Å². The maximum atomic E-state index is 5.56. The number of methoxy groups -OCH3 is 1. The van der Waals surface area contributed by atoms with Crippen molar-refractivity contribution in [3.05, 3.63) is 23.8 Å². The molecule has 1 aromatic carbocycles. The molecule has 0 amide bonds. The molecule has 2 rings (SSSR count). The molecule has 1 aliphatic rings. The van der Waals surface area contributed by atoms with Crippen molar-refractivity contribution < 1.29 is 9.47 Å². The third kappa shape index (κ3) is 5.22. The average Bonchev–Trinajstić information content (AvgIpc) is 2.48. The summed E-state index contributed by atoms with van der Waals surface area (Å²) >= 11 is 0. The Morgan fingerprint density at radius 1 is 1.19 bits per heavy atom. The van der Waals surface area contributed by atoms with Crippen LogP contribution < -0.4 is 14.8 Å². The Morgan fingerprint density at radius 3 is 2.43 bits per heavy atom. The van der Waals surface area contributed by atoms with E-state index in [1.54, 1.807) is 7.11 Å². The lowest BCUT2D eigenvalue weighted by molar-refractivity contribution is 0.185. The van der Waals surface area contributed by atoms with Gasteiger partial charge in [0.1, 0.15) is 0 Å². The summed E-state index contributed by atoms with van der Waals surface area (Å²) in [5.74, 6) is 1.64. The Morgan fingerprint density at radius 2 is 1.86 bits per heavy atom. The van der Waals surface area contributed by atoms with Crippen LogP contribution in [0.1, 0.15) is 25.5 Å². The van der Waals surface area contributed by atoms with Gasteiger partial charge in [0.15, 0.2) is 11.5 Å². The first kappa shape index (κ1) is 20.3. The van der Waals surface area contributed by atoms with Crippen LogP contribution in [0.3, 0.4) is 0 Å². The van der Waals surface area contributed by atoms with E-state index in [2.05, 4.69) is 29.3 Å². The van der Waals surface area contributed by atoms with Crippen molar-refractivity contribution in [2.24, 2.45) is 0 Å². The monoisotopic (exact) mass is 336 g/mol. The molecule has 0 spiro atoms. The molecule has 122 valence electrons. The van der Waals surface area contributed by atoms with Crippen molar-refractivity contribution in [1.82, 2.24) is 10.2 Å². The van der Waals surface area contributed by atoms with Gasteiger partial charge in [0.05, 0.1) is 13.7 Å². The molecule has 0 unspecified atom stereocenters. The zero-order valence-corrected chi connectivity index (χ0v) is 14.6. The molecule has 1 N–H and O–H groups in total. The van der Waals surface area contributed by atoms with E-state index in [0.717, 1.165) is 37.7 Å². The van der Waals surface area contributed by atoms with Crippen molar-refractivity contribution in [2.75, 3.05) is 39.9 Å². The smallest absolute Gasteiger partial charge is 0.161 e. The second kappa shape index (κ2) is 10.1. The van der Waals surface area contributed by atoms with Crippen LogP contribution in [-0.4, -0.2) is 44.8 Å². The predicted octanol–water partition coefficient (Wildman–Crippen LogP) is 2.90. The van der Waals surface area contributed by atoms with E-state index in [9.17, 15) is 0 Å². The minimum absolute atomic E-state index is 0. The Hall–Kier alpha value is -0.680. The van der Waals surface area contributed by atoms with Gasteiger partial charge in [0, 0.05) is 32.2 Å². The van der Waals surface area contributed by atoms with E-state index in [4.69, 9.17) is 9.47 Å². The summed E-state index contributed by atoms with van der Waals surface area (Å²) in [6, 6.07) is 6.65. The molecule has 4 nitrogen and oxygen atoms in total. The molecule has 1 atom stereocenters. The molecular formula is C15H26Cl2N2O2. The van der Waals surface area contributed by atoms with Crippen LogP contribution in [-0.2, 0) is 0 Å². The van der Waals surface area contributed by atoms with Crippen molar-refractivity contribution >= 4 is 24.8 Å². The summed E-state index contributed by atoms with van der Waals surface area (Å²) in [6.45, 7) is 9.21. The second-order valence-electron chi connectivity index (χ2n) is 4.81. The first-order valence-corrected chi connectivity index (χ1v) is 7.01. The van der Waals surface area contributed by atoms with Gasteiger partial charge in [-0.25, -0.2) is 0 Å². The SMILES string of the molecule is CCOc1ccc([C@H](C)N2CCNCC2)cc1OC.Cl.Cl. The third-order valence-corrected chi connectivity index (χ3v) is 3.67. The highest BCUT2D eigenvalue weighted by Crippen LogP contribution is 2.32. The fraction of sp³-hybridized carbons (Fsp3) is 0.600. The molecular weight excluding hydrogens is 311 g/mol. The van der Waals surface area contributed by atoms with Gasteiger partial charge in [-0.2, -0.15) is 0 Å². The summed E-state index contributed by atoms with van der Waals surface area (Å²) in [5.41, 5.74) is 1.28. The number of hydrogen-bond acceptors (Lipinski definition) is 4. The lowest BCUT2D eigenvalue weighted by atomic mass is 10.1. The lowest BCUT2D eigenvalue weighted by Crippen LogP contribution is -2.44. The quantitative estimate of drug-likeness (QED) is 0.896. The largest absolute Gasteiger partial charge is 0.493 e. The van der Waals surface area contributed by atoms with Gasteiger partial charge in [-0.15, -0.1) is 24.8 Å². The second-order valence-corrected chi connectivity index (χ2v) is 4.81. The summed E-state index contributed by atoms with van der Waals surface area (Å²) in [7, 11) is 1.69. The van der Waals surface area contributed by atoms with Gasteiger partial charge in [-0.1, -0.05) is 6.07 Å². The predicted molar refractivity (Wildman–Crippen MR) is 91.5 cm³/mol. The van der Waals surface area contributed by atoms with Crippen LogP contribution in [0.2, 0.25) is 0 Å². The number of nitrogens with zero attached hydrogens (tertiary/aromatic N) is 1. The molecule has 1 fully saturated rings. The molecule has 0 aromatic heterocycles. The maximum Gasteiger partial charge on any atom is 0.161 e. The van der Waals surface area contributed by atoms with E-state index in [-0.39, 0.29) is 24.8 Å². The van der Waals surface area contributed by atoms with Gasteiger partial charge in [-0.3, -0.25) is 4.90 Å². The average molecular weight is 337 g/mol. The van der Waals surface area contributed by atoms with Crippen LogP contribution >= 0.6 is 24.8 Å². The number of ether oxygens (including phenoxy) is 2. The molecule has 1 saturated heterocycles. The number of benzene rings is 1. The van der Waals surface area contributed by atoms with Gasteiger partial charge in [-0.05, 0) is 31.5 Å². The van der Waals surface area contributed by atoms with E-state index in [0.29, 0.717) is 12.6 Å². The maximum absolute atomic E-state index is 5.56. The van der Waals surface area contributed by atoms with Crippen molar-refractivity contribution in [3.63, 3.8) is 0 Å². The van der Waals surface area contributed by atoms with Crippen molar-refractivity contribution in [2.45, 2.75) is 19.9 Å². The third-order valence-electron chi connectivity index (χ3n) is 3.67. The highest BCUT2D eigenvalue weighted by Gasteiger charge is 2.19. The number of rotatable bonds is 5. The van der Waals surface area contributed by atoms with Crippen molar-refractivity contribution in [3.8, 4) is 11.5 Å². The summed E-state index contributed by atoms with van der Waals surface area (Å²) in [4.78, 5) is 2.49. The number of nitrogens with one attached hydrogen (secondary N) is 1. The van der Waals surface area contributed by atoms with E-state index >= 15 is 0 Å². The fourth-order valence-corrected chi connectivity index (χ4v) is 2.50. The van der Waals surface area contributed by atoms with E-state index < -0.39 is 0 Å². The highest BCUT2D eigenvalue weighted by molar-refractivity contribution is 5.85. The normalized spacial score (nSPS) is 16.3. The number of hydrogen-bond donors (Lipinski definition) is 1. The zero-order valence-electron chi connectivity index (χ0n) is 12.9. The first-order valence-electron chi connectivity index (χ1n) is 7.01. The summed E-state index contributed by atoms with van der Waals surface area (Å²) in [5, 5.41) is 3.38. The number of piperazine rings is 1. The van der Waals surface area contributed by atoms with Gasteiger partial charge in [0.25, 0.3) is 0 Å². The summed E-state index contributed by atoms with van der Waals surface area (Å²) in [6.07, 6.45) is 0. The van der Waals surface area contributed by atoms with Crippen molar-refractivity contribution in [1.29, 1.82) is 0 Å². The van der Waals surface area contributed by atoms with Gasteiger partial charge < -0.3 is 14.8 Å².